The van der Waals surface area contributed by atoms with Gasteiger partial charge < -0.3 is 15.3 Å². The van der Waals surface area contributed by atoms with Crippen molar-refractivity contribution in [1.29, 1.82) is 0 Å². The van der Waals surface area contributed by atoms with E-state index in [2.05, 4.69) is 0 Å². The van der Waals surface area contributed by atoms with E-state index in [9.17, 15) is 35.0 Å². The molecule has 0 fully saturated rings. The number of aromatic hydroxyl groups is 1. The Morgan fingerprint density at radius 3 is 2.27 bits per heavy atom. The molecule has 4 rings (SSSR count). The van der Waals surface area contributed by atoms with Gasteiger partial charge in [0.1, 0.15) is 11.3 Å². The highest BCUT2D eigenvalue weighted by Crippen LogP contribution is 2.43. The van der Waals surface area contributed by atoms with Gasteiger partial charge >= 0.3 is 5.97 Å². The number of carboxylic acids is 1. The number of aliphatic hydroxyl groups is 1. The fraction of sp³-hybridized carbons (Fsp3) is 0.0833. The maximum atomic E-state index is 13.1. The van der Waals surface area contributed by atoms with Crippen LogP contribution in [0.3, 0.4) is 0 Å². The van der Waals surface area contributed by atoms with Crippen LogP contribution in [0.1, 0.15) is 27.5 Å². The van der Waals surface area contributed by atoms with Crippen LogP contribution in [0, 0.1) is 10.1 Å². The summed E-state index contributed by atoms with van der Waals surface area (Å²) < 4.78 is 0. The Hall–Kier alpha value is -4.66. The average Bonchev–Trinajstić information content (AvgIpc) is 3.05. The van der Waals surface area contributed by atoms with Crippen LogP contribution in [0.2, 0.25) is 0 Å². The Bertz CT molecular complexity index is 1280. The van der Waals surface area contributed by atoms with Gasteiger partial charge in [0, 0.05) is 23.4 Å². The summed E-state index contributed by atoms with van der Waals surface area (Å²) in [5, 5.41) is 41.1. The fourth-order valence-corrected chi connectivity index (χ4v) is 3.89. The highest BCUT2D eigenvalue weighted by molar-refractivity contribution is 6.09. The number of nitro benzene ring substituents is 1. The summed E-state index contributed by atoms with van der Waals surface area (Å²) in [5.74, 6) is -3.07. The van der Waals surface area contributed by atoms with E-state index in [0.29, 0.717) is 11.1 Å². The van der Waals surface area contributed by atoms with Crippen molar-refractivity contribution >= 4 is 23.3 Å². The van der Waals surface area contributed by atoms with Gasteiger partial charge in [-0.05, 0) is 47.9 Å². The molecule has 1 unspecified atom stereocenters. The number of hydrogen-bond acceptors (Lipinski definition) is 6. The Kier molecular flexibility index (Phi) is 5.53. The van der Waals surface area contributed by atoms with E-state index in [1.807, 2.05) is 30.3 Å². The lowest BCUT2D eigenvalue weighted by molar-refractivity contribution is -0.384. The summed E-state index contributed by atoms with van der Waals surface area (Å²) in [6.07, 6.45) is 0.223. The zero-order valence-corrected chi connectivity index (χ0v) is 17.1. The van der Waals surface area contributed by atoms with Gasteiger partial charge in [0.2, 0.25) is 0 Å². The average molecular weight is 446 g/mol. The van der Waals surface area contributed by atoms with Crippen molar-refractivity contribution in [1.82, 2.24) is 0 Å². The van der Waals surface area contributed by atoms with Crippen molar-refractivity contribution in [3.63, 3.8) is 0 Å². The summed E-state index contributed by atoms with van der Waals surface area (Å²) in [6.45, 7) is 0. The van der Waals surface area contributed by atoms with Crippen LogP contribution in [-0.2, 0) is 11.2 Å². The Morgan fingerprint density at radius 1 is 1.00 bits per heavy atom. The lowest BCUT2D eigenvalue weighted by atomic mass is 9.93. The molecule has 0 saturated carbocycles. The smallest absolute Gasteiger partial charge is 0.339 e. The first-order valence-electron chi connectivity index (χ1n) is 9.88. The van der Waals surface area contributed by atoms with E-state index in [1.54, 1.807) is 0 Å². The van der Waals surface area contributed by atoms with E-state index in [-0.39, 0.29) is 17.8 Å². The molecule has 1 atom stereocenters. The quantitative estimate of drug-likeness (QED) is 0.382. The second-order valence-corrected chi connectivity index (χ2v) is 7.47. The number of benzene rings is 3. The van der Waals surface area contributed by atoms with Crippen molar-refractivity contribution in [2.75, 3.05) is 4.90 Å². The van der Waals surface area contributed by atoms with Crippen LogP contribution in [-0.4, -0.2) is 32.1 Å². The number of carbonyl (C=O) groups excluding carboxylic acids is 1. The maximum absolute atomic E-state index is 13.1. The van der Waals surface area contributed by atoms with E-state index < -0.39 is 39.9 Å². The minimum absolute atomic E-state index is 0.134. The number of phenols is 1. The first-order valence-corrected chi connectivity index (χ1v) is 9.88. The summed E-state index contributed by atoms with van der Waals surface area (Å²) in [5.41, 5.74) is 1.30. The van der Waals surface area contributed by atoms with Gasteiger partial charge in [-0.1, -0.05) is 30.3 Å². The van der Waals surface area contributed by atoms with Gasteiger partial charge in [0.15, 0.2) is 5.76 Å². The van der Waals surface area contributed by atoms with Gasteiger partial charge in [0.25, 0.3) is 11.6 Å². The zero-order valence-electron chi connectivity index (χ0n) is 17.1. The number of rotatable bonds is 6. The topological polar surface area (TPSA) is 141 Å². The molecule has 0 aromatic heterocycles. The van der Waals surface area contributed by atoms with Crippen LogP contribution < -0.4 is 4.90 Å². The zero-order chi connectivity index (χ0) is 23.7. The standard InChI is InChI=1S/C24H18N2O7/c27-20-11-10-17(13-18(20)24(30)31)25-21(15-6-8-16(9-7-15)26(32)33)19(22(28)23(25)29)12-14-4-2-1-3-5-14/h1-11,13,21,27-28H,12H2,(H,30,31). The lowest BCUT2D eigenvalue weighted by Crippen LogP contribution is -2.30. The number of nitrogens with zero attached hydrogens (tertiary/aromatic N) is 2. The molecule has 3 aromatic carbocycles. The predicted octanol–water partition coefficient (Wildman–Crippen LogP) is 4.14. The van der Waals surface area contributed by atoms with Gasteiger partial charge in [-0.2, -0.15) is 0 Å². The van der Waals surface area contributed by atoms with Crippen molar-refractivity contribution in [2.45, 2.75) is 12.5 Å². The number of aliphatic hydroxyl groups excluding tert-OH is 1. The highest BCUT2D eigenvalue weighted by Gasteiger charge is 2.41. The van der Waals surface area contributed by atoms with E-state index >= 15 is 0 Å². The molecule has 0 bridgehead atoms. The number of anilines is 1. The van der Waals surface area contributed by atoms with Crippen molar-refractivity contribution in [3.05, 3.63) is 111 Å². The van der Waals surface area contributed by atoms with Gasteiger partial charge in [-0.15, -0.1) is 0 Å². The monoisotopic (exact) mass is 446 g/mol. The van der Waals surface area contributed by atoms with Crippen LogP contribution in [0.25, 0.3) is 0 Å². The minimum Gasteiger partial charge on any atom is -0.507 e. The number of carbonyl (C=O) groups is 2. The molecule has 3 aromatic rings. The molecule has 9 heteroatoms. The molecule has 1 aliphatic heterocycles. The largest absolute Gasteiger partial charge is 0.507 e. The highest BCUT2D eigenvalue weighted by atomic mass is 16.6. The van der Waals surface area contributed by atoms with E-state index in [0.717, 1.165) is 17.7 Å². The molecule has 1 heterocycles. The normalized spacial score (nSPS) is 15.7. The summed E-state index contributed by atoms with van der Waals surface area (Å²) in [6, 6.07) is 17.6. The molecule has 1 aliphatic rings. The molecule has 0 saturated heterocycles. The summed E-state index contributed by atoms with van der Waals surface area (Å²) in [4.78, 5) is 36.4. The van der Waals surface area contributed by atoms with Gasteiger partial charge in [0.05, 0.1) is 11.0 Å². The third-order valence-corrected chi connectivity index (χ3v) is 5.46. The lowest BCUT2D eigenvalue weighted by Gasteiger charge is -2.27. The molecule has 0 spiro atoms. The first-order chi connectivity index (χ1) is 15.8. The number of non-ortho nitro benzene ring substituents is 1. The van der Waals surface area contributed by atoms with E-state index in [4.69, 9.17) is 0 Å². The molecular weight excluding hydrogens is 428 g/mol. The van der Waals surface area contributed by atoms with Crippen molar-refractivity contribution in [3.8, 4) is 5.75 Å². The van der Waals surface area contributed by atoms with Crippen LogP contribution >= 0.6 is 0 Å². The Morgan fingerprint density at radius 2 is 1.67 bits per heavy atom. The second-order valence-electron chi connectivity index (χ2n) is 7.47. The summed E-state index contributed by atoms with van der Waals surface area (Å²) in [7, 11) is 0. The molecular formula is C24H18N2O7. The molecule has 1 amide bonds. The molecule has 9 nitrogen and oxygen atoms in total. The molecule has 3 N–H and O–H groups in total. The maximum Gasteiger partial charge on any atom is 0.339 e. The van der Waals surface area contributed by atoms with Crippen LogP contribution in [0.4, 0.5) is 11.4 Å². The van der Waals surface area contributed by atoms with Crippen LogP contribution in [0.15, 0.2) is 84.1 Å². The predicted molar refractivity (Wildman–Crippen MR) is 118 cm³/mol. The van der Waals surface area contributed by atoms with E-state index in [1.165, 1.54) is 35.2 Å². The molecule has 0 aliphatic carbocycles. The first kappa shape index (κ1) is 21.6. The van der Waals surface area contributed by atoms with Crippen molar-refractivity contribution < 1.29 is 29.8 Å². The molecule has 0 radical (unpaired) electrons. The second kappa shape index (κ2) is 8.46. The number of amides is 1. The SMILES string of the molecule is O=C(O)c1cc(N2C(=O)C(O)=C(Cc3ccccc3)C2c2ccc([N+](=O)[O-])cc2)ccc1O. The van der Waals surface area contributed by atoms with Crippen molar-refractivity contribution in [2.24, 2.45) is 0 Å². The third-order valence-electron chi connectivity index (χ3n) is 5.46. The molecule has 33 heavy (non-hydrogen) atoms. The van der Waals surface area contributed by atoms with Gasteiger partial charge in [-0.25, -0.2) is 4.79 Å². The third kappa shape index (κ3) is 3.99. The fourth-order valence-electron chi connectivity index (χ4n) is 3.89. The Labute approximate surface area is 187 Å². The van der Waals surface area contributed by atoms with Crippen LogP contribution in [0.5, 0.6) is 5.75 Å². The number of aromatic carboxylic acids is 1. The number of hydrogen-bond donors (Lipinski definition) is 3. The number of carboxylic acid groups (broad SMARTS) is 1. The summed E-state index contributed by atoms with van der Waals surface area (Å²) >= 11 is 0. The van der Waals surface area contributed by atoms with Gasteiger partial charge in [-0.3, -0.25) is 19.8 Å². The number of nitro groups is 1. The minimum atomic E-state index is -1.38. The molecule has 166 valence electrons. The Balaban J connectivity index is 1.85.